The number of hydrogen-bond donors (Lipinski definition) is 0. The lowest BCUT2D eigenvalue weighted by atomic mass is 10.1. The monoisotopic (exact) mass is 374 g/mol. The van der Waals surface area contributed by atoms with Crippen LogP contribution in [0.1, 0.15) is 43.0 Å². The fraction of sp³-hybridized carbons (Fsp3) is 0.167. The number of carbonyl (C=O) groups excluding carboxylic acids is 2. The molecule has 28 heavy (non-hydrogen) atoms. The van der Waals surface area contributed by atoms with E-state index < -0.39 is 0 Å². The van der Waals surface area contributed by atoms with E-state index in [4.69, 9.17) is 9.47 Å². The molecule has 0 aliphatic heterocycles. The summed E-state index contributed by atoms with van der Waals surface area (Å²) in [5, 5.41) is 0. The third kappa shape index (κ3) is 5.98. The molecule has 0 amide bonds. The van der Waals surface area contributed by atoms with Gasteiger partial charge in [0.1, 0.15) is 12.6 Å². The van der Waals surface area contributed by atoms with Crippen LogP contribution in [0.4, 0.5) is 0 Å². The summed E-state index contributed by atoms with van der Waals surface area (Å²) in [6.07, 6.45) is 1.67. The fourth-order valence-corrected chi connectivity index (χ4v) is 2.69. The molecule has 0 aromatic heterocycles. The predicted molar refractivity (Wildman–Crippen MR) is 107 cm³/mol. The largest absolute Gasteiger partial charge is 0.372 e. The molecule has 0 unspecified atom stereocenters. The van der Waals surface area contributed by atoms with Crippen molar-refractivity contribution in [3.63, 3.8) is 0 Å². The molecule has 0 spiro atoms. The summed E-state index contributed by atoms with van der Waals surface area (Å²) in [5.74, 6) is 0. The Morgan fingerprint density at radius 3 is 0.964 bits per heavy atom. The Balaban J connectivity index is 1.40. The molecule has 0 saturated heterocycles. The summed E-state index contributed by atoms with van der Waals surface area (Å²) in [7, 11) is 0. The predicted octanol–water partition coefficient (Wildman–Crippen LogP) is 4.75. The maximum absolute atomic E-state index is 10.7. The van der Waals surface area contributed by atoms with E-state index in [0.717, 1.165) is 34.8 Å². The second kappa shape index (κ2) is 10.3. The van der Waals surface area contributed by atoms with Crippen molar-refractivity contribution in [2.45, 2.75) is 26.4 Å². The quantitative estimate of drug-likeness (QED) is 0.481. The minimum atomic E-state index is 0.507. The Bertz CT molecular complexity index is 805. The highest BCUT2D eigenvalue weighted by molar-refractivity contribution is 5.75. The van der Waals surface area contributed by atoms with Gasteiger partial charge in [-0.1, -0.05) is 72.8 Å². The van der Waals surface area contributed by atoms with Crippen LogP contribution in [0.5, 0.6) is 0 Å². The molecule has 0 fully saturated rings. The molecule has 3 aromatic carbocycles. The van der Waals surface area contributed by atoms with Gasteiger partial charge in [-0.2, -0.15) is 0 Å². The molecule has 0 aliphatic rings. The van der Waals surface area contributed by atoms with Crippen molar-refractivity contribution in [3.05, 3.63) is 106 Å². The van der Waals surface area contributed by atoms with Crippen molar-refractivity contribution in [3.8, 4) is 0 Å². The fourth-order valence-electron chi connectivity index (χ4n) is 2.69. The van der Waals surface area contributed by atoms with Crippen molar-refractivity contribution < 1.29 is 19.1 Å². The maximum atomic E-state index is 10.7. The molecule has 4 heteroatoms. The van der Waals surface area contributed by atoms with E-state index in [0.29, 0.717) is 37.6 Å². The standard InChI is InChI=1S/C24H22O4/c25-13-19-1-5-21(6-2-19)15-27-17-23-9-11-24(12-10-23)18-28-16-22-7-3-20(14-26)4-8-22/h1-14H,15-18H2. The van der Waals surface area contributed by atoms with Gasteiger partial charge >= 0.3 is 0 Å². The molecule has 4 nitrogen and oxygen atoms in total. The molecule has 142 valence electrons. The summed E-state index contributed by atoms with van der Waals surface area (Å²) < 4.78 is 11.5. The third-order valence-electron chi connectivity index (χ3n) is 4.33. The zero-order valence-corrected chi connectivity index (χ0v) is 15.5. The summed E-state index contributed by atoms with van der Waals surface area (Å²) in [6.45, 7) is 2.07. The number of rotatable bonds is 10. The van der Waals surface area contributed by atoms with E-state index in [2.05, 4.69) is 0 Å². The van der Waals surface area contributed by atoms with Gasteiger partial charge in [0.2, 0.25) is 0 Å². The van der Waals surface area contributed by atoms with Crippen molar-refractivity contribution >= 4 is 12.6 Å². The SMILES string of the molecule is O=Cc1ccc(COCc2ccc(COCc3ccc(C=O)cc3)cc2)cc1. The lowest BCUT2D eigenvalue weighted by molar-refractivity contribution is 0.105. The van der Waals surface area contributed by atoms with Crippen LogP contribution < -0.4 is 0 Å². The topological polar surface area (TPSA) is 52.6 Å². The molecule has 0 heterocycles. The zero-order chi connectivity index (χ0) is 19.6. The molecule has 0 atom stereocenters. The van der Waals surface area contributed by atoms with E-state index in [1.54, 1.807) is 24.3 Å². The van der Waals surface area contributed by atoms with Gasteiger partial charge < -0.3 is 9.47 Å². The van der Waals surface area contributed by atoms with Gasteiger partial charge in [-0.05, 0) is 22.3 Å². The number of carbonyl (C=O) groups is 2. The number of aldehydes is 2. The van der Waals surface area contributed by atoms with Crippen LogP contribution in [0.3, 0.4) is 0 Å². The highest BCUT2D eigenvalue weighted by atomic mass is 16.5. The van der Waals surface area contributed by atoms with E-state index in [1.807, 2.05) is 48.5 Å². The average molecular weight is 374 g/mol. The van der Waals surface area contributed by atoms with Gasteiger partial charge in [-0.3, -0.25) is 9.59 Å². The van der Waals surface area contributed by atoms with Crippen molar-refractivity contribution in [1.29, 1.82) is 0 Å². The van der Waals surface area contributed by atoms with Crippen LogP contribution in [0.15, 0.2) is 72.8 Å². The highest BCUT2D eigenvalue weighted by Crippen LogP contribution is 2.11. The summed E-state index contributed by atoms with van der Waals surface area (Å²) in [4.78, 5) is 21.3. The van der Waals surface area contributed by atoms with E-state index >= 15 is 0 Å². The Kier molecular flexibility index (Phi) is 7.24. The molecule has 3 aromatic rings. The van der Waals surface area contributed by atoms with Gasteiger partial charge in [0.25, 0.3) is 0 Å². The van der Waals surface area contributed by atoms with Crippen LogP contribution in [-0.2, 0) is 35.9 Å². The van der Waals surface area contributed by atoms with Gasteiger partial charge in [0, 0.05) is 11.1 Å². The third-order valence-corrected chi connectivity index (χ3v) is 4.33. The lowest BCUT2D eigenvalue weighted by Gasteiger charge is -2.08. The summed E-state index contributed by atoms with van der Waals surface area (Å²) >= 11 is 0. The number of hydrogen-bond acceptors (Lipinski definition) is 4. The number of ether oxygens (including phenoxy) is 2. The van der Waals surface area contributed by atoms with Crippen LogP contribution in [0.2, 0.25) is 0 Å². The molecule has 0 bridgehead atoms. The molecule has 0 aliphatic carbocycles. The van der Waals surface area contributed by atoms with Crippen molar-refractivity contribution in [2.75, 3.05) is 0 Å². The zero-order valence-electron chi connectivity index (χ0n) is 15.5. The molecule has 0 saturated carbocycles. The van der Waals surface area contributed by atoms with Gasteiger partial charge in [0.15, 0.2) is 0 Å². The minimum absolute atomic E-state index is 0.507. The number of benzene rings is 3. The van der Waals surface area contributed by atoms with Crippen LogP contribution in [-0.4, -0.2) is 12.6 Å². The van der Waals surface area contributed by atoms with Crippen LogP contribution in [0, 0.1) is 0 Å². The van der Waals surface area contributed by atoms with E-state index in [1.165, 1.54) is 0 Å². The van der Waals surface area contributed by atoms with Crippen LogP contribution >= 0.6 is 0 Å². The maximum Gasteiger partial charge on any atom is 0.150 e. The first-order chi connectivity index (χ1) is 13.8. The van der Waals surface area contributed by atoms with Crippen molar-refractivity contribution in [2.24, 2.45) is 0 Å². The smallest absolute Gasteiger partial charge is 0.150 e. The Hall–Kier alpha value is -3.08. The Morgan fingerprint density at radius 1 is 0.464 bits per heavy atom. The van der Waals surface area contributed by atoms with E-state index in [-0.39, 0.29) is 0 Å². The Morgan fingerprint density at radius 2 is 0.714 bits per heavy atom. The van der Waals surface area contributed by atoms with Gasteiger partial charge in [-0.25, -0.2) is 0 Å². The first kappa shape index (κ1) is 19.7. The molecule has 3 rings (SSSR count). The Labute approximate surface area is 164 Å². The molecular weight excluding hydrogens is 352 g/mol. The van der Waals surface area contributed by atoms with E-state index in [9.17, 15) is 9.59 Å². The summed E-state index contributed by atoms with van der Waals surface area (Å²) in [5.41, 5.74) is 5.60. The average Bonchev–Trinajstić information content (AvgIpc) is 2.76. The lowest BCUT2D eigenvalue weighted by Crippen LogP contribution is -1.97. The second-order valence-electron chi connectivity index (χ2n) is 6.52. The van der Waals surface area contributed by atoms with Crippen LogP contribution in [0.25, 0.3) is 0 Å². The minimum Gasteiger partial charge on any atom is -0.372 e. The highest BCUT2D eigenvalue weighted by Gasteiger charge is 1.99. The van der Waals surface area contributed by atoms with Gasteiger partial charge in [-0.15, -0.1) is 0 Å². The first-order valence-corrected chi connectivity index (χ1v) is 9.08. The first-order valence-electron chi connectivity index (χ1n) is 9.08. The summed E-state index contributed by atoms with van der Waals surface area (Å²) in [6, 6.07) is 22.9. The molecular formula is C24H22O4. The normalized spacial score (nSPS) is 10.6. The molecule has 0 radical (unpaired) electrons. The van der Waals surface area contributed by atoms with Gasteiger partial charge in [0.05, 0.1) is 26.4 Å². The second-order valence-corrected chi connectivity index (χ2v) is 6.52. The van der Waals surface area contributed by atoms with Crippen molar-refractivity contribution in [1.82, 2.24) is 0 Å². The molecule has 0 N–H and O–H groups in total.